The van der Waals surface area contributed by atoms with Gasteiger partial charge >= 0.3 is 5.97 Å². The quantitative estimate of drug-likeness (QED) is 0.724. The highest BCUT2D eigenvalue weighted by molar-refractivity contribution is 7.91. The minimum Gasteiger partial charge on any atom is -0.480 e. The Bertz CT molecular complexity index is 636. The summed E-state index contributed by atoms with van der Waals surface area (Å²) in [6.07, 6.45) is 7.98. The summed E-state index contributed by atoms with van der Waals surface area (Å²) in [5.74, 6) is -0.759. The van der Waals surface area contributed by atoms with Crippen LogP contribution in [-0.4, -0.2) is 77.9 Å². The second-order valence-corrected chi connectivity index (χ2v) is 10.2. The summed E-state index contributed by atoms with van der Waals surface area (Å²) in [5, 5.41) is 9.44. The van der Waals surface area contributed by atoms with Crippen LogP contribution >= 0.6 is 12.4 Å². The Balaban J connectivity index is 0.00000261. The van der Waals surface area contributed by atoms with Crippen LogP contribution in [0.4, 0.5) is 0 Å². The molecule has 1 N–H and O–H groups in total. The number of halogens is 1. The highest BCUT2D eigenvalue weighted by Crippen LogP contribution is 2.29. The molecule has 1 amide bonds. The van der Waals surface area contributed by atoms with Gasteiger partial charge in [0.05, 0.1) is 18.1 Å². The molecule has 7 nitrogen and oxygen atoms in total. The molecule has 0 spiro atoms. The predicted molar refractivity (Wildman–Crippen MR) is 105 cm³/mol. The third-order valence-corrected chi connectivity index (χ3v) is 7.85. The molecule has 2 aliphatic heterocycles. The van der Waals surface area contributed by atoms with Crippen LogP contribution in [0, 0.1) is 0 Å². The maximum Gasteiger partial charge on any atom is 0.320 e. The van der Waals surface area contributed by atoms with Crippen molar-refractivity contribution >= 4 is 34.1 Å². The largest absolute Gasteiger partial charge is 0.480 e. The molecule has 2 saturated heterocycles. The number of hydrogen-bond donors (Lipinski definition) is 1. The Kier molecular flexibility index (Phi) is 7.94. The molecular weight excluding hydrogens is 392 g/mol. The number of aliphatic carboxylic acids is 1. The first-order chi connectivity index (χ1) is 12.4. The van der Waals surface area contributed by atoms with E-state index >= 15 is 0 Å². The molecule has 0 aromatic carbocycles. The van der Waals surface area contributed by atoms with Gasteiger partial charge in [0.25, 0.3) is 0 Å². The van der Waals surface area contributed by atoms with Crippen LogP contribution < -0.4 is 0 Å². The van der Waals surface area contributed by atoms with E-state index in [1.807, 2.05) is 4.90 Å². The molecule has 0 aromatic rings. The van der Waals surface area contributed by atoms with Crippen LogP contribution in [0.1, 0.15) is 57.8 Å². The second kappa shape index (κ2) is 9.56. The number of carboxylic acid groups (broad SMARTS) is 1. The third kappa shape index (κ3) is 5.57. The average Bonchev–Trinajstić information content (AvgIpc) is 2.96. The smallest absolute Gasteiger partial charge is 0.320 e. The normalized spacial score (nSPS) is 29.0. The molecular formula is C18H31ClN2O5S. The molecule has 9 heteroatoms. The molecule has 2 atom stereocenters. The number of sulfone groups is 1. The zero-order valence-electron chi connectivity index (χ0n) is 15.7. The summed E-state index contributed by atoms with van der Waals surface area (Å²) < 4.78 is 23.9. The van der Waals surface area contributed by atoms with Gasteiger partial charge in [-0.15, -0.1) is 12.4 Å². The van der Waals surface area contributed by atoms with Gasteiger partial charge in [0, 0.05) is 12.1 Å². The molecule has 3 fully saturated rings. The first-order valence-electron chi connectivity index (χ1n) is 9.86. The highest BCUT2D eigenvalue weighted by Gasteiger charge is 2.40. The first kappa shape index (κ1) is 22.4. The number of carbonyl (C=O) groups is 2. The number of carbonyl (C=O) groups excluding carboxylic acids is 1. The van der Waals surface area contributed by atoms with E-state index in [0.29, 0.717) is 19.4 Å². The molecule has 2 unspecified atom stereocenters. The van der Waals surface area contributed by atoms with Crippen LogP contribution in [0.5, 0.6) is 0 Å². The fraction of sp³-hybridized carbons (Fsp3) is 0.889. The van der Waals surface area contributed by atoms with Crippen molar-refractivity contribution in [1.29, 1.82) is 0 Å². The van der Waals surface area contributed by atoms with Gasteiger partial charge in [0.15, 0.2) is 9.84 Å². The number of hydrogen-bond acceptors (Lipinski definition) is 5. The lowest BCUT2D eigenvalue weighted by Gasteiger charge is -2.40. The summed E-state index contributed by atoms with van der Waals surface area (Å²) in [4.78, 5) is 28.3. The Hall–Kier alpha value is -0.860. The Labute approximate surface area is 167 Å². The van der Waals surface area contributed by atoms with Crippen LogP contribution in [0.3, 0.4) is 0 Å². The lowest BCUT2D eigenvalue weighted by Crippen LogP contribution is -2.55. The van der Waals surface area contributed by atoms with E-state index in [2.05, 4.69) is 0 Å². The number of amides is 1. The predicted octanol–water partition coefficient (Wildman–Crippen LogP) is 1.70. The molecule has 0 radical (unpaired) electrons. The van der Waals surface area contributed by atoms with Gasteiger partial charge in [0.1, 0.15) is 6.04 Å². The van der Waals surface area contributed by atoms with Gasteiger partial charge in [-0.2, -0.15) is 0 Å². The topological polar surface area (TPSA) is 95.0 Å². The van der Waals surface area contributed by atoms with Crippen molar-refractivity contribution in [3.8, 4) is 0 Å². The lowest BCUT2D eigenvalue weighted by molar-refractivity contribution is -0.147. The summed E-state index contributed by atoms with van der Waals surface area (Å²) in [5.41, 5.74) is 0. The van der Waals surface area contributed by atoms with Gasteiger partial charge < -0.3 is 10.0 Å². The number of likely N-dealkylation sites (tertiary alicyclic amines) is 1. The Morgan fingerprint density at radius 1 is 0.963 bits per heavy atom. The Morgan fingerprint density at radius 3 is 2.22 bits per heavy atom. The zero-order chi connectivity index (χ0) is 18.7. The van der Waals surface area contributed by atoms with E-state index in [4.69, 9.17) is 0 Å². The van der Waals surface area contributed by atoms with Crippen LogP contribution in [0.25, 0.3) is 0 Å². The van der Waals surface area contributed by atoms with E-state index in [1.54, 1.807) is 4.90 Å². The highest BCUT2D eigenvalue weighted by atomic mass is 35.5. The molecule has 0 aromatic heterocycles. The van der Waals surface area contributed by atoms with E-state index in [-0.39, 0.29) is 48.4 Å². The first-order valence-corrected chi connectivity index (χ1v) is 11.7. The van der Waals surface area contributed by atoms with Crippen molar-refractivity contribution in [3.05, 3.63) is 0 Å². The summed E-state index contributed by atoms with van der Waals surface area (Å²) in [6.45, 7) is 0.703. The van der Waals surface area contributed by atoms with Crippen molar-refractivity contribution in [2.24, 2.45) is 0 Å². The number of carboxylic acids is 1. The van der Waals surface area contributed by atoms with E-state index in [9.17, 15) is 23.1 Å². The summed E-state index contributed by atoms with van der Waals surface area (Å²) in [6, 6.07) is -0.750. The molecule has 156 valence electrons. The molecule has 1 aliphatic carbocycles. The fourth-order valence-corrected chi connectivity index (χ4v) is 6.49. The van der Waals surface area contributed by atoms with Gasteiger partial charge in [-0.1, -0.05) is 25.7 Å². The molecule has 3 rings (SSSR count). The zero-order valence-corrected chi connectivity index (χ0v) is 17.3. The van der Waals surface area contributed by atoms with Crippen molar-refractivity contribution in [2.45, 2.75) is 75.9 Å². The van der Waals surface area contributed by atoms with Crippen LogP contribution in [-0.2, 0) is 19.4 Å². The van der Waals surface area contributed by atoms with Gasteiger partial charge in [-0.25, -0.2) is 8.42 Å². The van der Waals surface area contributed by atoms with Crippen molar-refractivity contribution in [3.63, 3.8) is 0 Å². The Morgan fingerprint density at radius 2 is 1.63 bits per heavy atom. The van der Waals surface area contributed by atoms with Crippen LogP contribution in [0.2, 0.25) is 0 Å². The van der Waals surface area contributed by atoms with Gasteiger partial charge in [0.2, 0.25) is 5.91 Å². The lowest BCUT2D eigenvalue weighted by atomic mass is 9.92. The van der Waals surface area contributed by atoms with E-state index in [0.717, 1.165) is 44.9 Å². The van der Waals surface area contributed by atoms with Crippen molar-refractivity contribution < 1.29 is 23.1 Å². The van der Waals surface area contributed by atoms with Crippen LogP contribution in [0.15, 0.2) is 0 Å². The SMILES string of the molecule is Cl.O=C(O)C1CCCCN1CC(=O)N(C1CCCCC1)C1CCS(=O)(=O)C1. The molecule has 2 heterocycles. The van der Waals surface area contributed by atoms with E-state index < -0.39 is 21.8 Å². The monoisotopic (exact) mass is 422 g/mol. The minimum atomic E-state index is -3.07. The second-order valence-electron chi connectivity index (χ2n) is 7.97. The molecule has 1 saturated carbocycles. The average molecular weight is 423 g/mol. The molecule has 27 heavy (non-hydrogen) atoms. The molecule has 0 bridgehead atoms. The number of nitrogens with zero attached hydrogens (tertiary/aromatic N) is 2. The number of piperidine rings is 1. The maximum absolute atomic E-state index is 13.2. The maximum atomic E-state index is 13.2. The van der Waals surface area contributed by atoms with Gasteiger partial charge in [-0.05, 0) is 38.6 Å². The van der Waals surface area contributed by atoms with Gasteiger partial charge in [-0.3, -0.25) is 14.5 Å². The van der Waals surface area contributed by atoms with Crippen molar-refractivity contribution in [1.82, 2.24) is 9.80 Å². The number of rotatable bonds is 5. The molecule has 3 aliphatic rings. The standard InChI is InChI=1S/C18H30N2O5S.ClH/c21-17(12-19-10-5-4-8-16(19)18(22)23)20(14-6-2-1-3-7-14)15-9-11-26(24,25)13-15;/h14-16H,1-13H2,(H,22,23);1H. The van der Waals surface area contributed by atoms with E-state index in [1.165, 1.54) is 0 Å². The summed E-state index contributed by atoms with van der Waals surface area (Å²) in [7, 11) is -3.07. The third-order valence-electron chi connectivity index (χ3n) is 6.09. The van der Waals surface area contributed by atoms with Crippen molar-refractivity contribution in [2.75, 3.05) is 24.6 Å². The fourth-order valence-electron chi connectivity index (χ4n) is 4.77. The minimum absolute atomic E-state index is 0. The summed E-state index contributed by atoms with van der Waals surface area (Å²) >= 11 is 0.